The van der Waals surface area contributed by atoms with Crippen molar-refractivity contribution in [2.45, 2.75) is 38.2 Å². The number of rotatable bonds is 3. The normalized spacial score (nSPS) is 28.1. The zero-order valence-electron chi connectivity index (χ0n) is 10.7. The Hall–Kier alpha value is -1.29. The van der Waals surface area contributed by atoms with Gasteiger partial charge in [0.05, 0.1) is 17.0 Å². The van der Waals surface area contributed by atoms with Crippen molar-refractivity contribution in [3.63, 3.8) is 0 Å². The lowest BCUT2D eigenvalue weighted by molar-refractivity contribution is -0.000753. The van der Waals surface area contributed by atoms with Gasteiger partial charge >= 0.3 is 0 Å². The molecule has 3 nitrogen and oxygen atoms in total. The minimum atomic E-state index is -0.698. The van der Waals surface area contributed by atoms with Crippen LogP contribution in [0.4, 0.5) is 15.8 Å². The van der Waals surface area contributed by atoms with E-state index in [1.807, 2.05) is 0 Å². The number of hydrogen-bond acceptors (Lipinski definition) is 3. The second kappa shape index (κ2) is 5.14. The van der Waals surface area contributed by atoms with Crippen molar-refractivity contribution < 1.29 is 9.50 Å². The number of nitrogen functional groups attached to an aromatic ring is 1. The molecule has 1 saturated carbocycles. The van der Waals surface area contributed by atoms with Crippen LogP contribution in [0.3, 0.4) is 0 Å². The summed E-state index contributed by atoms with van der Waals surface area (Å²) >= 11 is 0. The number of anilines is 2. The highest BCUT2D eigenvalue weighted by atomic mass is 19.1. The lowest BCUT2D eigenvalue weighted by atomic mass is 9.79. The molecule has 2 rings (SSSR count). The number of nitrogens with one attached hydrogen (secondary N) is 1. The van der Waals surface area contributed by atoms with Crippen LogP contribution in [0.1, 0.15) is 32.6 Å². The molecule has 0 aromatic heterocycles. The first-order chi connectivity index (χ1) is 8.48. The predicted molar refractivity (Wildman–Crippen MR) is 71.9 cm³/mol. The molecule has 1 fully saturated rings. The first-order valence-electron chi connectivity index (χ1n) is 6.50. The standard InChI is InChI=1S/C14H21FN2O/c1-10-3-2-6-14(18,8-10)9-17-13-7-11(15)4-5-12(13)16/h4-5,7,10,17-18H,2-3,6,8-9,16H2,1H3. The Morgan fingerprint density at radius 2 is 2.33 bits per heavy atom. The van der Waals surface area contributed by atoms with Gasteiger partial charge in [-0.3, -0.25) is 0 Å². The number of aliphatic hydroxyl groups is 1. The lowest BCUT2D eigenvalue weighted by Gasteiger charge is -2.36. The third-order valence-corrected chi connectivity index (χ3v) is 3.69. The second-order valence-electron chi connectivity index (χ2n) is 5.51. The van der Waals surface area contributed by atoms with Gasteiger partial charge in [-0.1, -0.05) is 19.8 Å². The first kappa shape index (κ1) is 13.1. The Labute approximate surface area is 107 Å². The van der Waals surface area contributed by atoms with Crippen molar-refractivity contribution in [1.82, 2.24) is 0 Å². The molecule has 1 aromatic rings. The minimum absolute atomic E-state index is 0.323. The van der Waals surface area contributed by atoms with Crippen molar-refractivity contribution in [1.29, 1.82) is 0 Å². The predicted octanol–water partition coefficient (Wildman–Crippen LogP) is 2.76. The van der Waals surface area contributed by atoms with E-state index in [0.717, 1.165) is 19.3 Å². The SMILES string of the molecule is CC1CCCC(O)(CNc2cc(F)ccc2N)C1. The van der Waals surface area contributed by atoms with Gasteiger partial charge in [0.2, 0.25) is 0 Å². The summed E-state index contributed by atoms with van der Waals surface area (Å²) in [4.78, 5) is 0. The molecule has 2 atom stereocenters. The second-order valence-corrected chi connectivity index (χ2v) is 5.51. The van der Waals surface area contributed by atoms with Crippen LogP contribution in [-0.2, 0) is 0 Å². The van der Waals surface area contributed by atoms with Gasteiger partial charge in [0.15, 0.2) is 0 Å². The van der Waals surface area contributed by atoms with E-state index < -0.39 is 5.60 Å². The van der Waals surface area contributed by atoms with E-state index in [4.69, 9.17) is 5.73 Å². The van der Waals surface area contributed by atoms with E-state index in [0.29, 0.717) is 23.8 Å². The summed E-state index contributed by atoms with van der Waals surface area (Å²) in [5.41, 5.74) is 6.13. The van der Waals surface area contributed by atoms with Crippen LogP contribution in [0.2, 0.25) is 0 Å². The summed E-state index contributed by atoms with van der Waals surface area (Å²) < 4.78 is 13.1. The molecule has 18 heavy (non-hydrogen) atoms. The van der Waals surface area contributed by atoms with Crippen LogP contribution in [0.5, 0.6) is 0 Å². The van der Waals surface area contributed by atoms with E-state index in [9.17, 15) is 9.50 Å². The molecule has 0 saturated heterocycles. The maximum Gasteiger partial charge on any atom is 0.125 e. The molecule has 1 aliphatic rings. The third kappa shape index (κ3) is 3.13. The maximum absolute atomic E-state index is 13.1. The molecule has 0 bridgehead atoms. The summed E-state index contributed by atoms with van der Waals surface area (Å²) in [6, 6.07) is 4.23. The zero-order chi connectivity index (χ0) is 13.2. The largest absolute Gasteiger partial charge is 0.397 e. The fourth-order valence-corrected chi connectivity index (χ4v) is 2.73. The highest BCUT2D eigenvalue weighted by Gasteiger charge is 2.32. The quantitative estimate of drug-likeness (QED) is 0.725. The van der Waals surface area contributed by atoms with E-state index in [-0.39, 0.29) is 5.82 Å². The smallest absolute Gasteiger partial charge is 0.125 e. The van der Waals surface area contributed by atoms with Crippen molar-refractivity contribution in [2.75, 3.05) is 17.6 Å². The van der Waals surface area contributed by atoms with Gasteiger partial charge in [-0.2, -0.15) is 0 Å². The molecule has 1 aliphatic carbocycles. The number of nitrogens with two attached hydrogens (primary N) is 1. The summed E-state index contributed by atoms with van der Waals surface area (Å²) in [7, 11) is 0. The molecule has 2 unspecified atom stereocenters. The van der Waals surface area contributed by atoms with Gasteiger partial charge in [-0.05, 0) is 37.0 Å². The average molecular weight is 252 g/mol. The Morgan fingerprint density at radius 3 is 3.06 bits per heavy atom. The molecule has 0 aliphatic heterocycles. The van der Waals surface area contributed by atoms with Crippen LogP contribution in [-0.4, -0.2) is 17.3 Å². The van der Waals surface area contributed by atoms with Gasteiger partial charge in [0.1, 0.15) is 5.82 Å². The molecule has 0 amide bonds. The summed E-state index contributed by atoms with van der Waals surface area (Å²) in [6.07, 6.45) is 3.79. The summed E-state index contributed by atoms with van der Waals surface area (Å²) in [5, 5.41) is 13.5. The van der Waals surface area contributed by atoms with Crippen molar-refractivity contribution in [3.05, 3.63) is 24.0 Å². The van der Waals surface area contributed by atoms with Crippen LogP contribution in [0, 0.1) is 11.7 Å². The molecule has 0 spiro atoms. The van der Waals surface area contributed by atoms with Crippen molar-refractivity contribution >= 4 is 11.4 Å². The molecule has 0 radical (unpaired) electrons. The summed E-state index contributed by atoms with van der Waals surface area (Å²) in [5.74, 6) is 0.214. The molecular formula is C14H21FN2O. The fraction of sp³-hybridized carbons (Fsp3) is 0.571. The summed E-state index contributed by atoms with van der Waals surface area (Å²) in [6.45, 7) is 2.58. The molecular weight excluding hydrogens is 231 g/mol. The van der Waals surface area contributed by atoms with Crippen LogP contribution >= 0.6 is 0 Å². The molecule has 0 heterocycles. The molecule has 4 N–H and O–H groups in total. The van der Waals surface area contributed by atoms with Crippen LogP contribution in [0.15, 0.2) is 18.2 Å². The van der Waals surface area contributed by atoms with Gasteiger partial charge in [-0.25, -0.2) is 4.39 Å². The van der Waals surface area contributed by atoms with E-state index >= 15 is 0 Å². The molecule has 1 aromatic carbocycles. The Bertz CT molecular complexity index is 424. The third-order valence-electron chi connectivity index (χ3n) is 3.69. The van der Waals surface area contributed by atoms with E-state index in [1.165, 1.54) is 24.6 Å². The number of benzene rings is 1. The van der Waals surface area contributed by atoms with Gasteiger partial charge < -0.3 is 16.2 Å². The highest BCUT2D eigenvalue weighted by Crippen LogP contribution is 2.32. The number of halogens is 1. The maximum atomic E-state index is 13.1. The van der Waals surface area contributed by atoms with E-state index in [2.05, 4.69) is 12.2 Å². The van der Waals surface area contributed by atoms with Crippen molar-refractivity contribution in [3.8, 4) is 0 Å². The average Bonchev–Trinajstić information content (AvgIpc) is 2.30. The zero-order valence-corrected chi connectivity index (χ0v) is 10.7. The molecule has 4 heteroatoms. The Kier molecular flexibility index (Phi) is 3.76. The first-order valence-corrected chi connectivity index (χ1v) is 6.50. The fourth-order valence-electron chi connectivity index (χ4n) is 2.73. The van der Waals surface area contributed by atoms with Gasteiger partial charge in [0.25, 0.3) is 0 Å². The lowest BCUT2D eigenvalue weighted by Crippen LogP contribution is -2.41. The van der Waals surface area contributed by atoms with Crippen LogP contribution in [0.25, 0.3) is 0 Å². The van der Waals surface area contributed by atoms with Gasteiger partial charge in [-0.15, -0.1) is 0 Å². The van der Waals surface area contributed by atoms with Crippen LogP contribution < -0.4 is 11.1 Å². The highest BCUT2D eigenvalue weighted by molar-refractivity contribution is 5.65. The topological polar surface area (TPSA) is 58.3 Å². The number of hydrogen-bond donors (Lipinski definition) is 3. The minimum Gasteiger partial charge on any atom is -0.397 e. The molecule has 100 valence electrons. The van der Waals surface area contributed by atoms with E-state index in [1.54, 1.807) is 0 Å². The Balaban J connectivity index is 2.00. The van der Waals surface area contributed by atoms with Crippen molar-refractivity contribution in [2.24, 2.45) is 5.92 Å². The van der Waals surface area contributed by atoms with Gasteiger partial charge in [0, 0.05) is 6.54 Å². The Morgan fingerprint density at radius 1 is 1.56 bits per heavy atom. The monoisotopic (exact) mass is 252 g/mol.